The third kappa shape index (κ3) is 4.16. The molecule has 1 aromatic carbocycles. The smallest absolute Gasteiger partial charge is 0.266 e. The predicted octanol–water partition coefficient (Wildman–Crippen LogP) is 3.12. The first-order valence-electron chi connectivity index (χ1n) is 8.44. The van der Waals surface area contributed by atoms with E-state index >= 15 is 0 Å². The van der Waals surface area contributed by atoms with Gasteiger partial charge in [-0.15, -0.1) is 11.3 Å². The Morgan fingerprint density at radius 2 is 2.16 bits per heavy atom. The predicted molar refractivity (Wildman–Crippen MR) is 95.3 cm³/mol. The van der Waals surface area contributed by atoms with Crippen molar-refractivity contribution in [3.8, 4) is 5.75 Å². The van der Waals surface area contributed by atoms with Gasteiger partial charge in [0.1, 0.15) is 28.1 Å². The number of carbonyl (C=O) groups is 1. The van der Waals surface area contributed by atoms with Crippen molar-refractivity contribution >= 4 is 17.2 Å². The zero-order chi connectivity index (χ0) is 17.8. The lowest BCUT2D eigenvalue weighted by atomic mass is 10.0. The topological polar surface area (TPSA) is 68.5 Å². The minimum absolute atomic E-state index is 0.0122. The van der Waals surface area contributed by atoms with Crippen LogP contribution in [0.15, 0.2) is 24.3 Å². The van der Waals surface area contributed by atoms with Crippen LogP contribution in [0, 0.1) is 12.7 Å². The van der Waals surface area contributed by atoms with Crippen LogP contribution in [-0.2, 0) is 6.61 Å². The maximum Gasteiger partial charge on any atom is 0.266 e. The van der Waals surface area contributed by atoms with E-state index in [-0.39, 0.29) is 24.4 Å². The molecule has 1 aliphatic rings. The fourth-order valence-electron chi connectivity index (χ4n) is 3.03. The van der Waals surface area contributed by atoms with E-state index in [4.69, 9.17) is 10.5 Å². The van der Waals surface area contributed by atoms with Gasteiger partial charge in [-0.2, -0.15) is 0 Å². The Bertz CT molecular complexity index is 732. The second kappa shape index (κ2) is 7.93. The summed E-state index contributed by atoms with van der Waals surface area (Å²) in [6.07, 6.45) is 3.09. The summed E-state index contributed by atoms with van der Waals surface area (Å²) in [5, 5.41) is 0.728. The molecule has 1 aromatic heterocycles. The number of aromatic nitrogens is 1. The van der Waals surface area contributed by atoms with Crippen LogP contribution in [0.1, 0.15) is 39.6 Å². The van der Waals surface area contributed by atoms with Crippen molar-refractivity contribution in [3.63, 3.8) is 0 Å². The first kappa shape index (κ1) is 17.8. The minimum atomic E-state index is -0.304. The standard InChI is InChI=1S/C18H22FN3O2S/c1-12-17(18(23)22-9-3-2-4-14(22)10-20)25-16(21-12)11-24-15-7-5-13(19)6-8-15/h5-8,14H,2-4,9-11,20H2,1H3. The molecule has 1 aliphatic heterocycles. The SMILES string of the molecule is Cc1nc(COc2ccc(F)cc2)sc1C(=O)N1CCCCC1CN. The summed E-state index contributed by atoms with van der Waals surface area (Å²) in [4.78, 5) is 19.9. The number of hydrogen-bond acceptors (Lipinski definition) is 5. The number of rotatable bonds is 5. The van der Waals surface area contributed by atoms with Crippen molar-refractivity contribution in [1.82, 2.24) is 9.88 Å². The van der Waals surface area contributed by atoms with Crippen LogP contribution in [0.25, 0.3) is 0 Å². The molecular weight excluding hydrogens is 341 g/mol. The maximum absolute atomic E-state index is 12.9. The molecule has 25 heavy (non-hydrogen) atoms. The molecule has 0 bridgehead atoms. The van der Waals surface area contributed by atoms with Crippen molar-refractivity contribution in [1.29, 1.82) is 0 Å². The first-order valence-corrected chi connectivity index (χ1v) is 9.26. The third-order valence-corrected chi connectivity index (χ3v) is 5.49. The van der Waals surface area contributed by atoms with Gasteiger partial charge in [-0.25, -0.2) is 9.37 Å². The number of nitrogens with zero attached hydrogens (tertiary/aromatic N) is 2. The summed E-state index contributed by atoms with van der Waals surface area (Å²) in [6, 6.07) is 5.95. The number of carbonyl (C=O) groups excluding carboxylic acids is 1. The van der Waals surface area contributed by atoms with Crippen molar-refractivity contribution in [3.05, 3.63) is 45.7 Å². The molecule has 7 heteroatoms. The lowest BCUT2D eigenvalue weighted by molar-refractivity contribution is 0.0627. The van der Waals surface area contributed by atoms with Crippen LogP contribution < -0.4 is 10.5 Å². The molecule has 3 rings (SSSR count). The van der Waals surface area contributed by atoms with Gasteiger partial charge in [-0.3, -0.25) is 4.79 Å². The van der Waals surface area contributed by atoms with E-state index in [2.05, 4.69) is 4.98 Å². The summed E-state index contributed by atoms with van der Waals surface area (Å²) < 4.78 is 18.5. The molecule has 2 N–H and O–H groups in total. The van der Waals surface area contributed by atoms with Crippen LogP contribution in [-0.4, -0.2) is 34.9 Å². The second-order valence-corrected chi connectivity index (χ2v) is 7.23. The molecular formula is C18H22FN3O2S. The van der Waals surface area contributed by atoms with Crippen LogP contribution in [0.5, 0.6) is 5.75 Å². The Balaban J connectivity index is 1.68. The highest BCUT2D eigenvalue weighted by Crippen LogP contribution is 2.25. The maximum atomic E-state index is 12.9. The van der Waals surface area contributed by atoms with Crippen molar-refractivity contribution in [2.24, 2.45) is 5.73 Å². The molecule has 0 aliphatic carbocycles. The van der Waals surface area contributed by atoms with Gasteiger partial charge in [0.2, 0.25) is 0 Å². The Labute approximate surface area is 150 Å². The summed E-state index contributed by atoms with van der Waals surface area (Å²) >= 11 is 1.35. The molecule has 0 radical (unpaired) electrons. The fraction of sp³-hybridized carbons (Fsp3) is 0.444. The van der Waals surface area contributed by atoms with Gasteiger partial charge in [-0.05, 0) is 50.5 Å². The Kier molecular flexibility index (Phi) is 5.65. The number of nitrogens with two attached hydrogens (primary N) is 1. The molecule has 1 saturated heterocycles. The zero-order valence-electron chi connectivity index (χ0n) is 14.2. The Morgan fingerprint density at radius 3 is 2.88 bits per heavy atom. The number of halogens is 1. The van der Waals surface area contributed by atoms with Gasteiger partial charge in [-0.1, -0.05) is 0 Å². The van der Waals surface area contributed by atoms with Crippen LogP contribution in [0.4, 0.5) is 4.39 Å². The highest BCUT2D eigenvalue weighted by atomic mass is 32.1. The number of hydrogen-bond donors (Lipinski definition) is 1. The number of ether oxygens (including phenoxy) is 1. The Hall–Kier alpha value is -1.99. The quantitative estimate of drug-likeness (QED) is 0.886. The molecule has 1 atom stereocenters. The van der Waals surface area contributed by atoms with Gasteiger partial charge in [0, 0.05) is 19.1 Å². The third-order valence-electron chi connectivity index (χ3n) is 4.37. The number of benzene rings is 1. The molecule has 2 aromatic rings. The monoisotopic (exact) mass is 363 g/mol. The number of piperidine rings is 1. The van der Waals surface area contributed by atoms with Crippen LogP contribution in [0.2, 0.25) is 0 Å². The van der Waals surface area contributed by atoms with Crippen molar-refractivity contribution in [2.45, 2.75) is 38.8 Å². The van der Waals surface area contributed by atoms with Crippen molar-refractivity contribution in [2.75, 3.05) is 13.1 Å². The van der Waals surface area contributed by atoms with Crippen LogP contribution in [0.3, 0.4) is 0 Å². The lowest BCUT2D eigenvalue weighted by Crippen LogP contribution is -2.47. The van der Waals surface area contributed by atoms with Gasteiger partial charge < -0.3 is 15.4 Å². The highest BCUT2D eigenvalue weighted by Gasteiger charge is 2.29. The fourth-order valence-corrected chi connectivity index (χ4v) is 3.97. The van der Waals surface area contributed by atoms with E-state index in [1.54, 1.807) is 12.1 Å². The largest absolute Gasteiger partial charge is 0.486 e. The Morgan fingerprint density at radius 1 is 1.40 bits per heavy atom. The highest BCUT2D eigenvalue weighted by molar-refractivity contribution is 7.13. The van der Waals surface area contributed by atoms with E-state index < -0.39 is 0 Å². The zero-order valence-corrected chi connectivity index (χ0v) is 15.0. The molecule has 0 saturated carbocycles. The molecule has 2 heterocycles. The van der Waals surface area contributed by atoms with E-state index in [0.29, 0.717) is 22.9 Å². The van der Waals surface area contributed by atoms with Crippen molar-refractivity contribution < 1.29 is 13.9 Å². The number of thiazole rings is 1. The van der Waals surface area contributed by atoms with E-state index in [1.165, 1.54) is 23.5 Å². The minimum Gasteiger partial charge on any atom is -0.486 e. The molecule has 1 unspecified atom stereocenters. The van der Waals surface area contributed by atoms with E-state index in [1.807, 2.05) is 11.8 Å². The molecule has 1 amide bonds. The molecule has 0 spiro atoms. The van der Waals surface area contributed by atoms with Gasteiger partial charge in [0.05, 0.1) is 5.69 Å². The molecule has 134 valence electrons. The van der Waals surface area contributed by atoms with Gasteiger partial charge in [0.15, 0.2) is 0 Å². The average Bonchev–Trinajstić information content (AvgIpc) is 3.01. The number of amides is 1. The van der Waals surface area contributed by atoms with E-state index in [9.17, 15) is 9.18 Å². The lowest BCUT2D eigenvalue weighted by Gasteiger charge is -2.34. The normalized spacial score (nSPS) is 17.6. The number of aryl methyl sites for hydroxylation is 1. The number of likely N-dealkylation sites (tertiary alicyclic amines) is 1. The van der Waals surface area contributed by atoms with E-state index in [0.717, 1.165) is 30.8 Å². The molecule has 1 fully saturated rings. The average molecular weight is 363 g/mol. The summed E-state index contributed by atoms with van der Waals surface area (Å²) in [5.74, 6) is 0.279. The summed E-state index contributed by atoms with van der Waals surface area (Å²) in [7, 11) is 0. The van der Waals surface area contributed by atoms with Gasteiger partial charge in [0.25, 0.3) is 5.91 Å². The van der Waals surface area contributed by atoms with Crippen LogP contribution >= 0.6 is 11.3 Å². The van der Waals surface area contributed by atoms with Gasteiger partial charge >= 0.3 is 0 Å². The first-order chi connectivity index (χ1) is 12.1. The second-order valence-electron chi connectivity index (χ2n) is 6.15. The summed E-state index contributed by atoms with van der Waals surface area (Å²) in [5.41, 5.74) is 6.54. The molecule has 5 nitrogen and oxygen atoms in total. The summed E-state index contributed by atoms with van der Waals surface area (Å²) in [6.45, 7) is 3.33.